The van der Waals surface area contributed by atoms with Crippen LogP contribution in [0.3, 0.4) is 0 Å². The van der Waals surface area contributed by atoms with Crippen LogP contribution in [0.25, 0.3) is 6.08 Å². The van der Waals surface area contributed by atoms with E-state index in [1.54, 1.807) is 24.3 Å². The molecular weight excluding hydrogens is 1300 g/mol. The minimum atomic E-state index is -2.23. The van der Waals surface area contributed by atoms with Crippen LogP contribution in [0.2, 0.25) is 0 Å². The summed E-state index contributed by atoms with van der Waals surface area (Å²) in [7, 11) is 1.50. The standard InChI is InChI=1S/C68H100O30/c1-30-49(93-41(74)16-11-32-9-12-33(87-8)13-10-32)47(80)52(96-57-48(81)51(95-59-53(82)68(86,28-71)29-89-59)50(31(2)90-57)94-55-45(78)42(75)37(73)26-88-55)58(91-30)98-61(85)66-20-19-62(3,4)23-35(66)34-14-15-39-63(5)24-36(72)54(97-56-46(79)44(77)43(76)38(25-69)92-56)65(7,60(83)84)40(63)17-18-64(39,6)67(34,27-70)22-21-66/h9-14,16,30-31,35-40,42-59,69-73,75-82,86H,15,17-29H2,1-8H3,(H,83,84)/b16-11-/t30-,31+,35+,36+,37-,38-,39-,40-,42+,43-,44+,45-,46-,47+,48-,49+,50+,51+,52-,53+,54+,55+,56+,57+,58+,59+,63-,64-,65+,66+,67+,68-/m1/s1. The summed E-state index contributed by atoms with van der Waals surface area (Å²) in [5.74, 6) is -4.13. The predicted molar refractivity (Wildman–Crippen MR) is 331 cm³/mol. The quantitative estimate of drug-likeness (QED) is 0.0341. The number of fused-ring (bicyclic) bond motifs is 7. The maximum Gasteiger partial charge on any atom is 0.331 e. The number of hydrogen-bond acceptors (Lipinski definition) is 29. The van der Waals surface area contributed by atoms with Crippen LogP contribution in [0.1, 0.15) is 112 Å². The molecule has 0 aromatic heterocycles. The second kappa shape index (κ2) is 28.2. The Morgan fingerprint density at radius 1 is 0.622 bits per heavy atom. The number of aliphatic hydroxyl groups is 14. The van der Waals surface area contributed by atoms with E-state index >= 15 is 4.79 Å². The van der Waals surface area contributed by atoms with E-state index in [2.05, 4.69) is 26.8 Å². The van der Waals surface area contributed by atoms with Crippen LogP contribution in [0, 0.1) is 50.2 Å². The molecular formula is C68H100O30. The largest absolute Gasteiger partial charge is 0.497 e. The van der Waals surface area contributed by atoms with E-state index in [-0.39, 0.29) is 50.0 Å². The van der Waals surface area contributed by atoms with Gasteiger partial charge in [0.1, 0.15) is 90.7 Å². The van der Waals surface area contributed by atoms with E-state index < -0.39 is 230 Å². The first-order chi connectivity index (χ1) is 46.1. The third-order valence-electron chi connectivity index (χ3n) is 24.6. The SMILES string of the molecule is COc1ccc(/C=C\C(=O)O[C@@H]2[C@H](O)[C@@H](O[C@@H]3O[C@@H](C)[C@H](O[C@@H]4OC[C@@H](O)[C@H](O)[C@H]4O)[C@@H](O[C@@H]4OC[C@](O)(CO)[C@H]4O)[C@H]3O)[C@H](OC(=O)[C@]34CCC(C)(C)C[C@H]3C3=CC[C@@H]5[C@@]6(C)C[C@H](O)[C@H](O[C@@H]7O[C@H](CO)[C@@H](O)[C@H](O)[C@H]7O)[C@@](C)(C(=O)O)[C@@H]6CC[C@@]5(C)[C@]3(CO)CC4)O[C@@H]2C)cc1. The number of ether oxygens (including phenoxy) is 12. The van der Waals surface area contributed by atoms with Gasteiger partial charge in [-0.3, -0.25) is 9.59 Å². The number of esters is 2. The minimum absolute atomic E-state index is 0.00287. The zero-order valence-electron chi connectivity index (χ0n) is 56.3. The maximum atomic E-state index is 16.0. The number of aliphatic carboxylic acids is 1. The highest BCUT2D eigenvalue weighted by Gasteiger charge is 2.74. The van der Waals surface area contributed by atoms with Crippen LogP contribution < -0.4 is 4.74 Å². The molecule has 552 valence electrons. The van der Waals surface area contributed by atoms with Gasteiger partial charge >= 0.3 is 17.9 Å². The van der Waals surface area contributed by atoms with Crippen molar-refractivity contribution in [3.8, 4) is 5.75 Å². The van der Waals surface area contributed by atoms with E-state index in [0.29, 0.717) is 37.0 Å². The molecule has 9 fully saturated rings. The molecule has 11 rings (SSSR count). The molecule has 0 spiro atoms. The Labute approximate surface area is 566 Å². The Hall–Kier alpha value is -4.01. The van der Waals surface area contributed by atoms with Crippen molar-refractivity contribution in [3.05, 3.63) is 47.6 Å². The van der Waals surface area contributed by atoms with Crippen LogP contribution in [0.5, 0.6) is 5.75 Å². The first-order valence-corrected chi connectivity index (χ1v) is 34.0. The van der Waals surface area contributed by atoms with E-state index in [1.807, 2.05) is 6.92 Å². The molecule has 1 aromatic rings. The van der Waals surface area contributed by atoms with Gasteiger partial charge in [0.2, 0.25) is 6.29 Å². The van der Waals surface area contributed by atoms with E-state index in [4.69, 9.17) is 56.8 Å². The summed E-state index contributed by atoms with van der Waals surface area (Å²) in [6.45, 7) is 9.36. The number of aliphatic hydroxyl groups excluding tert-OH is 13. The lowest BCUT2D eigenvalue weighted by molar-refractivity contribution is -0.384. The van der Waals surface area contributed by atoms with Gasteiger partial charge in [0, 0.05) is 11.5 Å². The summed E-state index contributed by atoms with van der Waals surface area (Å²) in [6, 6.07) is 6.74. The predicted octanol–water partition coefficient (Wildman–Crippen LogP) is -1.60. The molecule has 0 radical (unpaired) electrons. The Morgan fingerprint density at radius 2 is 1.27 bits per heavy atom. The first kappa shape index (κ1) is 75.2. The average molecular weight is 1400 g/mol. The zero-order chi connectivity index (χ0) is 71.3. The number of carbonyl (C=O) groups excluding carboxylic acids is 2. The third-order valence-corrected chi connectivity index (χ3v) is 24.6. The van der Waals surface area contributed by atoms with Crippen molar-refractivity contribution < 1.29 is 148 Å². The van der Waals surface area contributed by atoms with Crippen molar-refractivity contribution >= 4 is 24.0 Å². The molecule has 1 aromatic carbocycles. The summed E-state index contributed by atoms with van der Waals surface area (Å²) in [4.78, 5) is 43.7. The molecule has 4 saturated carbocycles. The second-order valence-corrected chi connectivity index (χ2v) is 30.6. The number of benzene rings is 1. The van der Waals surface area contributed by atoms with Gasteiger partial charge in [0.05, 0.1) is 69.3 Å². The zero-order valence-corrected chi connectivity index (χ0v) is 56.3. The van der Waals surface area contributed by atoms with Crippen molar-refractivity contribution in [2.75, 3.05) is 40.1 Å². The summed E-state index contributed by atoms with van der Waals surface area (Å²) < 4.78 is 72.3. The Kier molecular flexibility index (Phi) is 21.6. The van der Waals surface area contributed by atoms with E-state index in [1.165, 1.54) is 34.0 Å². The summed E-state index contributed by atoms with van der Waals surface area (Å²) in [5.41, 5.74) is -7.21. The van der Waals surface area contributed by atoms with E-state index in [0.717, 1.165) is 11.6 Å². The molecule has 0 unspecified atom stereocenters. The molecule has 5 heterocycles. The number of carboxylic acid groups (broad SMARTS) is 1. The maximum absolute atomic E-state index is 16.0. The average Bonchev–Trinajstić information content (AvgIpc) is 0.718. The van der Waals surface area contributed by atoms with Crippen LogP contribution in [-0.4, -0.2) is 282 Å². The summed E-state index contributed by atoms with van der Waals surface area (Å²) in [6.07, 6.45) is -32.0. The fourth-order valence-electron chi connectivity index (χ4n) is 18.8. The molecule has 5 aliphatic carbocycles. The van der Waals surface area contributed by atoms with Gasteiger partial charge in [0.15, 0.2) is 37.4 Å². The summed E-state index contributed by atoms with van der Waals surface area (Å²) in [5, 5.41) is 167. The van der Waals surface area contributed by atoms with Crippen molar-refractivity contribution in [2.24, 2.45) is 50.2 Å². The third kappa shape index (κ3) is 12.8. The molecule has 15 N–H and O–H groups in total. The van der Waals surface area contributed by atoms with Crippen molar-refractivity contribution in [2.45, 2.75) is 253 Å². The molecule has 0 amide bonds. The normalized spacial score (nSPS) is 49.3. The summed E-state index contributed by atoms with van der Waals surface area (Å²) >= 11 is 0. The molecule has 0 bridgehead atoms. The highest BCUT2D eigenvalue weighted by atomic mass is 16.8. The molecule has 5 saturated heterocycles. The highest BCUT2D eigenvalue weighted by molar-refractivity contribution is 5.87. The lowest BCUT2D eigenvalue weighted by Crippen LogP contribution is -2.71. The van der Waals surface area contributed by atoms with Gasteiger partial charge in [-0.2, -0.15) is 0 Å². The highest BCUT2D eigenvalue weighted by Crippen LogP contribution is 2.76. The molecule has 30 heteroatoms. The number of carbonyl (C=O) groups is 3. The molecule has 30 nitrogen and oxygen atoms in total. The fraction of sp³-hybridized carbons (Fsp3) is 0.809. The number of allylic oxidation sites excluding steroid dienone is 1. The van der Waals surface area contributed by atoms with Gasteiger partial charge in [-0.15, -0.1) is 0 Å². The van der Waals surface area contributed by atoms with Crippen molar-refractivity contribution in [3.63, 3.8) is 0 Å². The van der Waals surface area contributed by atoms with Crippen LogP contribution in [0.4, 0.5) is 0 Å². The molecule has 10 aliphatic rings. The molecule has 98 heavy (non-hydrogen) atoms. The number of hydrogen-bond donors (Lipinski definition) is 15. The smallest absolute Gasteiger partial charge is 0.331 e. The van der Waals surface area contributed by atoms with Crippen LogP contribution in [-0.2, 0) is 66.5 Å². The van der Waals surface area contributed by atoms with Gasteiger partial charge < -0.3 is 133 Å². The Morgan fingerprint density at radius 3 is 1.92 bits per heavy atom. The Bertz CT molecular complexity index is 3060. The van der Waals surface area contributed by atoms with Crippen molar-refractivity contribution in [1.29, 1.82) is 0 Å². The number of carboxylic acids is 1. The Balaban J connectivity index is 0.904. The molecule has 32 atom stereocenters. The lowest BCUT2D eigenvalue weighted by Gasteiger charge is -2.71. The monoisotopic (exact) mass is 1400 g/mol. The molecule has 5 aliphatic heterocycles. The van der Waals surface area contributed by atoms with Gasteiger partial charge in [-0.05, 0) is 136 Å². The van der Waals surface area contributed by atoms with Gasteiger partial charge in [-0.1, -0.05) is 51.5 Å². The van der Waals surface area contributed by atoms with Crippen LogP contribution in [0.15, 0.2) is 42.0 Å². The topological polar surface area (TPSA) is 465 Å². The van der Waals surface area contributed by atoms with Crippen LogP contribution >= 0.6 is 0 Å². The van der Waals surface area contributed by atoms with Gasteiger partial charge in [0.25, 0.3) is 0 Å². The second-order valence-electron chi connectivity index (χ2n) is 30.6. The van der Waals surface area contributed by atoms with E-state index in [9.17, 15) is 86.2 Å². The lowest BCUT2D eigenvalue weighted by atomic mass is 9.33. The first-order valence-electron chi connectivity index (χ1n) is 34.0. The van der Waals surface area contributed by atoms with Crippen molar-refractivity contribution in [1.82, 2.24) is 0 Å². The number of rotatable bonds is 18. The number of methoxy groups -OCH3 is 1. The van der Waals surface area contributed by atoms with Gasteiger partial charge in [-0.25, -0.2) is 4.79 Å². The fourth-order valence-corrected chi connectivity index (χ4v) is 18.8. The minimum Gasteiger partial charge on any atom is -0.497 e.